The van der Waals surface area contributed by atoms with Gasteiger partial charge < -0.3 is 9.47 Å². The lowest BCUT2D eigenvalue weighted by atomic mass is 10.7. The van der Waals surface area contributed by atoms with Crippen LogP contribution >= 0.6 is 0 Å². The molecular weight excluding hydrogens is 168 g/mol. The summed E-state index contributed by atoms with van der Waals surface area (Å²) >= 11 is 0. The van der Waals surface area contributed by atoms with E-state index < -0.39 is 6.16 Å². The zero-order chi connectivity index (χ0) is 10.5. The van der Waals surface area contributed by atoms with Crippen LogP contribution in [0.5, 0.6) is 0 Å². The van der Waals surface area contributed by atoms with Crippen molar-refractivity contribution in [1.82, 2.24) is 0 Å². The van der Waals surface area contributed by atoms with Gasteiger partial charge in [0.15, 0.2) is 0 Å². The number of hydrogen-bond acceptors (Lipinski definition) is 3. The van der Waals surface area contributed by atoms with E-state index in [0.29, 0.717) is 0 Å². The van der Waals surface area contributed by atoms with Gasteiger partial charge in [-0.15, -0.1) is 6.58 Å². The minimum atomic E-state index is -0.726. The molecule has 74 valence electrons. The molecule has 0 saturated heterocycles. The molecule has 0 spiro atoms. The molecular formula is C10H16O3. The Balaban J connectivity index is 0. The van der Waals surface area contributed by atoms with Gasteiger partial charge in [-0.3, -0.25) is 0 Å². The number of ether oxygens (including phenoxy) is 2. The lowest BCUT2D eigenvalue weighted by molar-refractivity contribution is 0.119. The summed E-state index contributed by atoms with van der Waals surface area (Å²) in [4.78, 5) is 10.4. The van der Waals surface area contributed by atoms with E-state index in [9.17, 15) is 4.79 Å². The van der Waals surface area contributed by atoms with E-state index in [2.05, 4.69) is 16.1 Å². The van der Waals surface area contributed by atoms with Crippen molar-refractivity contribution in [2.75, 3.05) is 0 Å². The molecule has 0 aromatic rings. The predicted octanol–water partition coefficient (Wildman–Crippen LogP) is 3.40. The predicted molar refractivity (Wildman–Crippen MR) is 53.1 cm³/mol. The molecule has 3 nitrogen and oxygen atoms in total. The molecule has 13 heavy (non-hydrogen) atoms. The second-order valence-corrected chi connectivity index (χ2v) is 1.83. The van der Waals surface area contributed by atoms with Crippen molar-refractivity contribution in [3.63, 3.8) is 0 Å². The van der Waals surface area contributed by atoms with Crippen LogP contribution in [0, 0.1) is 0 Å². The fourth-order valence-electron chi connectivity index (χ4n) is 0.275. The maximum absolute atomic E-state index is 10.4. The van der Waals surface area contributed by atoms with Gasteiger partial charge in [-0.1, -0.05) is 18.2 Å². The van der Waals surface area contributed by atoms with Gasteiger partial charge in [0.2, 0.25) is 0 Å². The summed E-state index contributed by atoms with van der Waals surface area (Å²) in [6, 6.07) is 0. The van der Waals surface area contributed by atoms with E-state index in [-0.39, 0.29) is 0 Å². The lowest BCUT2D eigenvalue weighted by Gasteiger charge is -1.93. The Morgan fingerprint density at radius 1 is 1.08 bits per heavy atom. The van der Waals surface area contributed by atoms with Crippen LogP contribution in [0.1, 0.15) is 20.8 Å². The van der Waals surface area contributed by atoms with Gasteiger partial charge in [-0.25, -0.2) is 4.79 Å². The van der Waals surface area contributed by atoms with Gasteiger partial charge >= 0.3 is 6.16 Å². The lowest BCUT2D eigenvalue weighted by Crippen LogP contribution is -1.97. The summed E-state index contributed by atoms with van der Waals surface area (Å²) in [7, 11) is 0. The van der Waals surface area contributed by atoms with Gasteiger partial charge in [0.1, 0.15) is 0 Å². The highest BCUT2D eigenvalue weighted by atomic mass is 16.7. The van der Waals surface area contributed by atoms with Crippen LogP contribution in [0.25, 0.3) is 0 Å². The van der Waals surface area contributed by atoms with Crippen LogP contribution in [-0.4, -0.2) is 6.16 Å². The molecule has 3 heteroatoms. The van der Waals surface area contributed by atoms with Gasteiger partial charge in [0.25, 0.3) is 0 Å². The molecule has 0 atom stereocenters. The van der Waals surface area contributed by atoms with E-state index in [1.807, 2.05) is 6.92 Å². The van der Waals surface area contributed by atoms with Crippen LogP contribution in [0.2, 0.25) is 0 Å². The normalized spacial score (nSPS) is 9.15. The van der Waals surface area contributed by atoms with Crippen molar-refractivity contribution in [3.05, 3.63) is 37.3 Å². The molecule has 0 saturated carbocycles. The Labute approximate surface area is 79.3 Å². The minimum absolute atomic E-state index is 0.726. The molecule has 0 unspecified atom stereocenters. The van der Waals surface area contributed by atoms with E-state index in [1.165, 1.54) is 12.5 Å². The third-order valence-electron chi connectivity index (χ3n) is 0.601. The molecule has 0 fully saturated rings. The Kier molecular flexibility index (Phi) is 14.2. The van der Waals surface area contributed by atoms with E-state index in [1.54, 1.807) is 32.1 Å². The van der Waals surface area contributed by atoms with Gasteiger partial charge in [0, 0.05) is 0 Å². The summed E-state index contributed by atoms with van der Waals surface area (Å²) in [5.41, 5.74) is 0. The third-order valence-corrected chi connectivity index (χ3v) is 0.601. The highest BCUT2D eigenvalue weighted by molar-refractivity contribution is 5.61. The Morgan fingerprint density at radius 2 is 1.38 bits per heavy atom. The van der Waals surface area contributed by atoms with Crippen molar-refractivity contribution < 1.29 is 14.3 Å². The number of carbonyl (C=O) groups is 1. The van der Waals surface area contributed by atoms with Crippen LogP contribution in [0.4, 0.5) is 4.79 Å². The van der Waals surface area contributed by atoms with Gasteiger partial charge in [-0.2, -0.15) is 0 Å². The Morgan fingerprint density at radius 3 is 1.62 bits per heavy atom. The highest BCUT2D eigenvalue weighted by Crippen LogP contribution is 1.86. The zero-order valence-corrected chi connectivity index (χ0v) is 8.32. The molecule has 0 N–H and O–H groups in total. The summed E-state index contributed by atoms with van der Waals surface area (Å²) in [5.74, 6) is 0. The SMILES string of the molecule is C=CC.CC=COC(=O)OC=CC. The van der Waals surface area contributed by atoms with Crippen LogP contribution in [0.15, 0.2) is 37.3 Å². The smallest absolute Gasteiger partial charge is 0.403 e. The number of carbonyl (C=O) groups excluding carboxylic acids is 1. The summed E-state index contributed by atoms with van der Waals surface area (Å²) in [6.07, 6.45) is 6.72. The number of rotatable bonds is 2. The van der Waals surface area contributed by atoms with E-state index >= 15 is 0 Å². The Bertz CT molecular complexity index is 165. The molecule has 0 radical (unpaired) electrons. The minimum Gasteiger partial charge on any atom is -0.403 e. The molecule has 0 aliphatic rings. The average molecular weight is 184 g/mol. The molecule has 0 aliphatic carbocycles. The molecule has 0 aliphatic heterocycles. The second-order valence-electron chi connectivity index (χ2n) is 1.83. The fraction of sp³-hybridized carbons (Fsp3) is 0.300. The summed E-state index contributed by atoms with van der Waals surface area (Å²) < 4.78 is 8.80. The molecule has 0 amide bonds. The summed E-state index contributed by atoms with van der Waals surface area (Å²) in [5, 5.41) is 0. The standard InChI is InChI=1S/C7H10O3.C3H6/c1-3-5-9-7(8)10-6-4-2;1-3-2/h3-6H,1-2H3;3H,1H2,2H3. The summed E-state index contributed by atoms with van der Waals surface area (Å²) in [6.45, 7) is 8.73. The average Bonchev–Trinajstić information content (AvgIpc) is 2.12. The zero-order valence-electron chi connectivity index (χ0n) is 8.32. The molecule has 0 aromatic carbocycles. The first-order valence-corrected chi connectivity index (χ1v) is 3.89. The number of hydrogen-bond donors (Lipinski definition) is 0. The molecule has 0 bridgehead atoms. The third kappa shape index (κ3) is 18.0. The first kappa shape index (κ1) is 14.0. The van der Waals surface area contributed by atoms with Gasteiger partial charge in [-0.05, 0) is 20.8 Å². The largest absolute Gasteiger partial charge is 0.518 e. The van der Waals surface area contributed by atoms with E-state index in [4.69, 9.17) is 0 Å². The first-order chi connectivity index (χ1) is 6.22. The van der Waals surface area contributed by atoms with Crippen LogP contribution in [0.3, 0.4) is 0 Å². The molecule has 0 heterocycles. The van der Waals surface area contributed by atoms with Crippen molar-refractivity contribution >= 4 is 6.16 Å². The molecule has 0 rings (SSSR count). The van der Waals surface area contributed by atoms with Crippen molar-refractivity contribution in [2.24, 2.45) is 0 Å². The molecule has 0 aromatic heterocycles. The maximum Gasteiger partial charge on any atom is 0.518 e. The Hall–Kier alpha value is -1.51. The first-order valence-electron chi connectivity index (χ1n) is 3.89. The highest BCUT2D eigenvalue weighted by Gasteiger charge is 1.94. The fourth-order valence-corrected chi connectivity index (χ4v) is 0.275. The van der Waals surface area contributed by atoms with Crippen LogP contribution in [-0.2, 0) is 9.47 Å². The van der Waals surface area contributed by atoms with Crippen molar-refractivity contribution in [2.45, 2.75) is 20.8 Å². The number of allylic oxidation sites excluding steroid dienone is 3. The van der Waals surface area contributed by atoms with Crippen molar-refractivity contribution in [3.8, 4) is 0 Å². The quantitative estimate of drug-likeness (QED) is 0.375. The monoisotopic (exact) mass is 184 g/mol. The maximum atomic E-state index is 10.4. The van der Waals surface area contributed by atoms with E-state index in [0.717, 1.165) is 0 Å². The van der Waals surface area contributed by atoms with Crippen LogP contribution < -0.4 is 0 Å². The second kappa shape index (κ2) is 13.1. The van der Waals surface area contributed by atoms with Crippen molar-refractivity contribution in [1.29, 1.82) is 0 Å². The topological polar surface area (TPSA) is 35.5 Å². The van der Waals surface area contributed by atoms with Gasteiger partial charge in [0.05, 0.1) is 12.5 Å².